The fourth-order valence-corrected chi connectivity index (χ4v) is 3.09. The molecule has 0 aliphatic heterocycles. The minimum absolute atomic E-state index is 0.250. The highest BCUT2D eigenvalue weighted by Crippen LogP contribution is 2.48. The fourth-order valence-electron chi connectivity index (χ4n) is 1.46. The van der Waals surface area contributed by atoms with Crippen LogP contribution < -0.4 is 0 Å². The molecule has 0 saturated heterocycles. The highest BCUT2D eigenvalue weighted by Gasteiger charge is 2.20. The van der Waals surface area contributed by atoms with Crippen molar-refractivity contribution in [2.45, 2.75) is 13.8 Å². The summed E-state index contributed by atoms with van der Waals surface area (Å²) in [6.07, 6.45) is 3.85. The fraction of sp³-hybridized carbons (Fsp3) is 0.385. The Kier molecular flexibility index (Phi) is 6.66. The third-order valence-electron chi connectivity index (χ3n) is 2.18. The van der Waals surface area contributed by atoms with Crippen LogP contribution in [0.2, 0.25) is 5.02 Å². The molecule has 0 spiro atoms. The highest BCUT2D eigenvalue weighted by atomic mass is 35.5. The van der Waals surface area contributed by atoms with Crippen LogP contribution in [0.5, 0.6) is 0 Å². The number of hydrogen-bond donors (Lipinski definition) is 0. The summed E-state index contributed by atoms with van der Waals surface area (Å²) in [5.41, 5.74) is 0.888. The van der Waals surface area contributed by atoms with Crippen LogP contribution in [0.25, 0.3) is 6.08 Å². The van der Waals surface area contributed by atoms with Gasteiger partial charge in [-0.3, -0.25) is 4.57 Å². The maximum absolute atomic E-state index is 12.2. The molecule has 0 atom stereocenters. The second-order valence-corrected chi connectivity index (χ2v) is 6.06. The molecule has 1 rings (SSSR count). The van der Waals surface area contributed by atoms with Crippen LogP contribution in [0.4, 0.5) is 0 Å². The standard InChI is InChI=1S/C13H18ClO3P/c1-3-16-18(15,17-4-2)11-7-9-12-8-5-6-10-13(12)14/h5-10H,3-4,11H2,1-2H3/b9-7-. The summed E-state index contributed by atoms with van der Waals surface area (Å²) in [5.74, 6) is 0. The van der Waals surface area contributed by atoms with Crippen LogP contribution >= 0.6 is 19.2 Å². The molecule has 1 aromatic rings. The topological polar surface area (TPSA) is 35.5 Å². The molecule has 0 N–H and O–H groups in total. The monoisotopic (exact) mass is 288 g/mol. The van der Waals surface area contributed by atoms with Gasteiger partial charge in [0, 0.05) is 5.02 Å². The second kappa shape index (κ2) is 7.75. The predicted octanol–water partition coefficient (Wildman–Crippen LogP) is 4.62. The lowest BCUT2D eigenvalue weighted by atomic mass is 10.2. The van der Waals surface area contributed by atoms with Crippen molar-refractivity contribution in [3.8, 4) is 0 Å². The number of allylic oxidation sites excluding steroid dienone is 1. The molecule has 0 radical (unpaired) electrons. The van der Waals surface area contributed by atoms with Crippen molar-refractivity contribution in [2.75, 3.05) is 19.4 Å². The van der Waals surface area contributed by atoms with E-state index >= 15 is 0 Å². The summed E-state index contributed by atoms with van der Waals surface area (Å²) >= 11 is 6.01. The molecular weight excluding hydrogens is 271 g/mol. The lowest BCUT2D eigenvalue weighted by molar-refractivity contribution is 0.222. The van der Waals surface area contributed by atoms with Crippen LogP contribution in [-0.4, -0.2) is 19.4 Å². The first-order valence-electron chi connectivity index (χ1n) is 5.90. The summed E-state index contributed by atoms with van der Waals surface area (Å²) in [6.45, 7) is 4.33. The Labute approximate surface area is 113 Å². The molecule has 0 fully saturated rings. The summed E-state index contributed by atoms with van der Waals surface area (Å²) in [7, 11) is -3.00. The van der Waals surface area contributed by atoms with Gasteiger partial charge >= 0.3 is 7.60 Å². The lowest BCUT2D eigenvalue weighted by Gasteiger charge is -2.14. The van der Waals surface area contributed by atoms with Crippen LogP contribution in [-0.2, 0) is 13.6 Å². The molecule has 3 nitrogen and oxygen atoms in total. The summed E-state index contributed by atoms with van der Waals surface area (Å²) < 4.78 is 22.5. The van der Waals surface area contributed by atoms with Gasteiger partial charge in [0.15, 0.2) is 0 Å². The van der Waals surface area contributed by atoms with Crippen molar-refractivity contribution in [3.63, 3.8) is 0 Å². The van der Waals surface area contributed by atoms with E-state index in [0.29, 0.717) is 18.2 Å². The quantitative estimate of drug-likeness (QED) is 0.687. The van der Waals surface area contributed by atoms with Gasteiger partial charge in [-0.1, -0.05) is 42.0 Å². The molecule has 0 bridgehead atoms. The SMILES string of the molecule is CCOP(=O)(C/C=C\c1ccccc1Cl)OCC. The summed E-state index contributed by atoms with van der Waals surface area (Å²) in [4.78, 5) is 0. The first kappa shape index (κ1) is 15.5. The maximum Gasteiger partial charge on any atom is 0.334 e. The van der Waals surface area contributed by atoms with Crippen molar-refractivity contribution in [3.05, 3.63) is 40.9 Å². The molecule has 0 unspecified atom stereocenters. The van der Waals surface area contributed by atoms with E-state index in [1.54, 1.807) is 19.9 Å². The van der Waals surface area contributed by atoms with Crippen LogP contribution in [0.1, 0.15) is 19.4 Å². The second-order valence-electron chi connectivity index (χ2n) is 3.55. The zero-order chi connectivity index (χ0) is 13.4. The molecule has 0 aliphatic carbocycles. The Morgan fingerprint density at radius 3 is 2.39 bits per heavy atom. The molecular formula is C13H18ClO3P. The summed E-state index contributed by atoms with van der Waals surface area (Å²) in [5, 5.41) is 0.663. The molecule has 5 heteroatoms. The Hall–Kier alpha value is -0.600. The molecule has 0 amide bonds. The molecule has 18 heavy (non-hydrogen) atoms. The first-order chi connectivity index (χ1) is 8.61. The third-order valence-corrected chi connectivity index (χ3v) is 4.49. The van der Waals surface area contributed by atoms with Gasteiger partial charge in [-0.2, -0.15) is 0 Å². The molecule has 0 aromatic heterocycles. The Bertz CT molecular complexity index is 436. The maximum atomic E-state index is 12.2. The normalized spacial score (nSPS) is 12.2. The minimum Gasteiger partial charge on any atom is -0.309 e. The largest absolute Gasteiger partial charge is 0.334 e. The van der Waals surface area contributed by atoms with E-state index in [9.17, 15) is 4.57 Å². The predicted molar refractivity (Wildman–Crippen MR) is 76.2 cm³/mol. The average molecular weight is 289 g/mol. The van der Waals surface area contributed by atoms with Gasteiger partial charge < -0.3 is 9.05 Å². The van der Waals surface area contributed by atoms with E-state index < -0.39 is 7.60 Å². The number of hydrogen-bond acceptors (Lipinski definition) is 3. The smallest absolute Gasteiger partial charge is 0.309 e. The van der Waals surface area contributed by atoms with Gasteiger partial charge in [-0.25, -0.2) is 0 Å². The van der Waals surface area contributed by atoms with Crippen LogP contribution in [0, 0.1) is 0 Å². The van der Waals surface area contributed by atoms with Crippen molar-refractivity contribution in [1.82, 2.24) is 0 Å². The molecule has 1 aromatic carbocycles. The van der Waals surface area contributed by atoms with Crippen LogP contribution in [0.3, 0.4) is 0 Å². The average Bonchev–Trinajstić information content (AvgIpc) is 2.32. The first-order valence-corrected chi connectivity index (χ1v) is 8.01. The molecule has 0 aliphatic rings. The van der Waals surface area contributed by atoms with Gasteiger partial charge in [-0.15, -0.1) is 0 Å². The third kappa shape index (κ3) is 4.95. The van der Waals surface area contributed by atoms with Gasteiger partial charge in [0.2, 0.25) is 0 Å². The Morgan fingerprint density at radius 2 is 1.83 bits per heavy atom. The van der Waals surface area contributed by atoms with Crippen molar-refractivity contribution in [2.24, 2.45) is 0 Å². The van der Waals surface area contributed by atoms with E-state index in [1.165, 1.54) is 0 Å². The summed E-state index contributed by atoms with van der Waals surface area (Å²) in [6, 6.07) is 7.47. The van der Waals surface area contributed by atoms with Crippen molar-refractivity contribution < 1.29 is 13.6 Å². The van der Waals surface area contributed by atoms with E-state index in [-0.39, 0.29) is 6.16 Å². The number of rotatable bonds is 7. The van der Waals surface area contributed by atoms with Crippen LogP contribution in [0.15, 0.2) is 30.3 Å². The zero-order valence-electron chi connectivity index (χ0n) is 10.6. The van der Waals surface area contributed by atoms with Gasteiger partial charge in [0.1, 0.15) is 0 Å². The minimum atomic E-state index is -3.00. The van der Waals surface area contributed by atoms with Crippen molar-refractivity contribution in [1.29, 1.82) is 0 Å². The highest BCUT2D eigenvalue weighted by molar-refractivity contribution is 7.54. The van der Waals surface area contributed by atoms with E-state index in [2.05, 4.69) is 0 Å². The van der Waals surface area contributed by atoms with E-state index in [0.717, 1.165) is 5.56 Å². The Morgan fingerprint density at radius 1 is 1.22 bits per heavy atom. The Balaban J connectivity index is 2.68. The van der Waals surface area contributed by atoms with Gasteiger partial charge in [-0.05, 0) is 25.5 Å². The molecule has 100 valence electrons. The molecule has 0 heterocycles. The number of benzene rings is 1. The van der Waals surface area contributed by atoms with E-state index in [1.807, 2.05) is 30.3 Å². The van der Waals surface area contributed by atoms with Crippen molar-refractivity contribution >= 4 is 25.3 Å². The zero-order valence-corrected chi connectivity index (χ0v) is 12.3. The number of halogens is 1. The van der Waals surface area contributed by atoms with E-state index in [4.69, 9.17) is 20.6 Å². The van der Waals surface area contributed by atoms with Gasteiger partial charge in [0.25, 0.3) is 0 Å². The van der Waals surface area contributed by atoms with Gasteiger partial charge in [0.05, 0.1) is 19.4 Å². The lowest BCUT2D eigenvalue weighted by Crippen LogP contribution is -1.98. The molecule has 0 saturated carbocycles.